The molecule has 0 aliphatic rings. The second-order valence-electron chi connectivity index (χ2n) is 7.21. The smallest absolute Gasteiger partial charge is 0.191 e. The minimum Gasteiger partial charge on any atom is -0.493 e. The van der Waals surface area contributed by atoms with E-state index in [4.69, 9.17) is 4.74 Å². The first-order valence-electron chi connectivity index (χ1n) is 9.65. The number of aliphatic imine (C=N–C) groups is 1. The van der Waals surface area contributed by atoms with Gasteiger partial charge < -0.3 is 15.4 Å². The van der Waals surface area contributed by atoms with Crippen molar-refractivity contribution in [2.45, 2.75) is 47.2 Å². The van der Waals surface area contributed by atoms with Gasteiger partial charge in [0, 0.05) is 32.4 Å². The number of nitrogens with zero attached hydrogens (tertiary/aromatic N) is 3. The molecule has 1 heterocycles. The Morgan fingerprint density at radius 1 is 1.19 bits per heavy atom. The topological polar surface area (TPSA) is 63.5 Å². The average molecular weight is 372 g/mol. The minimum atomic E-state index is 0.530. The number of aryl methyl sites for hydroxylation is 3. The molecule has 0 saturated carbocycles. The minimum absolute atomic E-state index is 0.530. The number of hydrogen-bond acceptors (Lipinski definition) is 3. The number of hydrogen-bond donors (Lipinski definition) is 2. The van der Waals surface area contributed by atoms with Crippen LogP contribution in [0.3, 0.4) is 0 Å². The SMILES string of the molecule is CN=C(NCCCn1nc(C)cc1C)NCc1ccc(OCC(C)C)cc1. The van der Waals surface area contributed by atoms with Crippen LogP contribution in [0.5, 0.6) is 5.75 Å². The van der Waals surface area contributed by atoms with Crippen LogP contribution in [0.4, 0.5) is 0 Å². The van der Waals surface area contributed by atoms with Gasteiger partial charge in [-0.05, 0) is 49.9 Å². The van der Waals surface area contributed by atoms with E-state index < -0.39 is 0 Å². The van der Waals surface area contributed by atoms with Gasteiger partial charge in [0.05, 0.1) is 12.3 Å². The first kappa shape index (κ1) is 20.8. The van der Waals surface area contributed by atoms with Crippen LogP contribution in [0, 0.1) is 19.8 Å². The molecule has 0 radical (unpaired) electrons. The maximum Gasteiger partial charge on any atom is 0.191 e. The molecule has 0 aliphatic carbocycles. The van der Waals surface area contributed by atoms with Gasteiger partial charge in [-0.1, -0.05) is 26.0 Å². The Labute approximate surface area is 163 Å². The lowest BCUT2D eigenvalue weighted by molar-refractivity contribution is 0.271. The zero-order valence-corrected chi connectivity index (χ0v) is 17.2. The van der Waals surface area contributed by atoms with Crippen molar-refractivity contribution in [3.05, 3.63) is 47.3 Å². The third-order valence-electron chi connectivity index (χ3n) is 4.13. The van der Waals surface area contributed by atoms with E-state index in [0.717, 1.165) is 50.1 Å². The molecule has 0 bridgehead atoms. The molecule has 6 nitrogen and oxygen atoms in total. The summed E-state index contributed by atoms with van der Waals surface area (Å²) in [4.78, 5) is 4.28. The van der Waals surface area contributed by atoms with Crippen LogP contribution in [-0.4, -0.2) is 35.9 Å². The van der Waals surface area contributed by atoms with Crippen LogP contribution in [0.1, 0.15) is 37.2 Å². The van der Waals surface area contributed by atoms with E-state index >= 15 is 0 Å². The van der Waals surface area contributed by atoms with Gasteiger partial charge in [0.1, 0.15) is 5.75 Å². The first-order valence-corrected chi connectivity index (χ1v) is 9.65. The van der Waals surface area contributed by atoms with Crippen LogP contribution in [-0.2, 0) is 13.1 Å². The molecule has 0 amide bonds. The van der Waals surface area contributed by atoms with Crippen LogP contribution in [0.2, 0.25) is 0 Å². The highest BCUT2D eigenvalue weighted by atomic mass is 16.5. The molecule has 6 heteroatoms. The largest absolute Gasteiger partial charge is 0.493 e. The van der Waals surface area contributed by atoms with Gasteiger partial charge in [-0.2, -0.15) is 5.10 Å². The second kappa shape index (κ2) is 10.6. The van der Waals surface area contributed by atoms with E-state index in [9.17, 15) is 0 Å². The fourth-order valence-electron chi connectivity index (χ4n) is 2.71. The first-order chi connectivity index (χ1) is 13.0. The number of nitrogens with one attached hydrogen (secondary N) is 2. The zero-order valence-electron chi connectivity index (χ0n) is 17.2. The maximum absolute atomic E-state index is 5.72. The van der Waals surface area contributed by atoms with E-state index in [2.05, 4.69) is 64.4 Å². The predicted octanol–water partition coefficient (Wildman–Crippen LogP) is 3.29. The van der Waals surface area contributed by atoms with E-state index in [1.807, 2.05) is 19.1 Å². The Morgan fingerprint density at radius 3 is 2.52 bits per heavy atom. The summed E-state index contributed by atoms with van der Waals surface area (Å²) >= 11 is 0. The Kier molecular flexibility index (Phi) is 8.17. The standard InChI is InChI=1S/C21H33N5O/c1-16(2)15-27-20-9-7-19(8-10-20)14-24-21(22-5)23-11-6-12-26-18(4)13-17(3)25-26/h7-10,13,16H,6,11-12,14-15H2,1-5H3,(H2,22,23,24). The van der Waals surface area contributed by atoms with Crippen molar-refractivity contribution in [1.82, 2.24) is 20.4 Å². The summed E-state index contributed by atoms with van der Waals surface area (Å²) in [6, 6.07) is 10.3. The van der Waals surface area contributed by atoms with E-state index in [1.54, 1.807) is 7.05 Å². The maximum atomic E-state index is 5.72. The van der Waals surface area contributed by atoms with E-state index in [-0.39, 0.29) is 0 Å². The number of aromatic nitrogens is 2. The molecule has 0 aliphatic heterocycles. The van der Waals surface area contributed by atoms with E-state index in [0.29, 0.717) is 5.92 Å². The molecule has 0 spiro atoms. The molecule has 148 valence electrons. The Balaban J connectivity index is 1.69. The number of guanidine groups is 1. The molecule has 0 atom stereocenters. The van der Waals surface area contributed by atoms with Gasteiger partial charge in [-0.15, -0.1) is 0 Å². The fourth-order valence-corrected chi connectivity index (χ4v) is 2.71. The van der Waals surface area contributed by atoms with Crippen molar-refractivity contribution in [1.29, 1.82) is 0 Å². The summed E-state index contributed by atoms with van der Waals surface area (Å²) in [7, 11) is 1.79. The highest BCUT2D eigenvalue weighted by Gasteiger charge is 2.02. The Bertz CT molecular complexity index is 719. The molecule has 2 N–H and O–H groups in total. The summed E-state index contributed by atoms with van der Waals surface area (Å²) in [6.45, 7) is 11.6. The Hall–Kier alpha value is -2.50. The molecular formula is C21H33N5O. The molecule has 0 saturated heterocycles. The number of rotatable bonds is 9. The second-order valence-corrected chi connectivity index (χ2v) is 7.21. The lowest BCUT2D eigenvalue weighted by Gasteiger charge is -2.13. The number of ether oxygens (including phenoxy) is 1. The molecule has 27 heavy (non-hydrogen) atoms. The fraction of sp³-hybridized carbons (Fsp3) is 0.524. The molecule has 0 fully saturated rings. The van der Waals surface area contributed by atoms with Gasteiger partial charge >= 0.3 is 0 Å². The highest BCUT2D eigenvalue weighted by Crippen LogP contribution is 2.13. The zero-order chi connectivity index (χ0) is 19.6. The van der Waals surface area contributed by atoms with Crippen molar-refractivity contribution in [3.63, 3.8) is 0 Å². The van der Waals surface area contributed by atoms with Crippen molar-refractivity contribution in [2.75, 3.05) is 20.2 Å². The van der Waals surface area contributed by atoms with Gasteiger partial charge in [-0.25, -0.2) is 0 Å². The van der Waals surface area contributed by atoms with E-state index in [1.165, 1.54) is 11.3 Å². The van der Waals surface area contributed by atoms with Crippen LogP contribution < -0.4 is 15.4 Å². The molecule has 2 aromatic rings. The van der Waals surface area contributed by atoms with Crippen molar-refractivity contribution in [2.24, 2.45) is 10.9 Å². The van der Waals surface area contributed by atoms with Gasteiger partial charge in [0.2, 0.25) is 0 Å². The van der Waals surface area contributed by atoms with Crippen molar-refractivity contribution in [3.8, 4) is 5.75 Å². The summed E-state index contributed by atoms with van der Waals surface area (Å²) in [5.74, 6) is 2.25. The molecular weight excluding hydrogens is 338 g/mol. The predicted molar refractivity (Wildman–Crippen MR) is 111 cm³/mol. The van der Waals surface area contributed by atoms with Gasteiger partial charge in [0.25, 0.3) is 0 Å². The van der Waals surface area contributed by atoms with Crippen LogP contribution >= 0.6 is 0 Å². The summed E-state index contributed by atoms with van der Waals surface area (Å²) in [6.07, 6.45) is 0.991. The third kappa shape index (κ3) is 7.33. The van der Waals surface area contributed by atoms with Crippen molar-refractivity contribution >= 4 is 5.96 Å². The van der Waals surface area contributed by atoms with Crippen molar-refractivity contribution < 1.29 is 4.74 Å². The summed E-state index contributed by atoms with van der Waals surface area (Å²) in [5.41, 5.74) is 3.46. The third-order valence-corrected chi connectivity index (χ3v) is 4.13. The summed E-state index contributed by atoms with van der Waals surface area (Å²) in [5, 5.41) is 11.2. The molecule has 2 rings (SSSR count). The molecule has 1 aromatic carbocycles. The number of benzene rings is 1. The van der Waals surface area contributed by atoms with Gasteiger partial charge in [-0.3, -0.25) is 9.67 Å². The monoisotopic (exact) mass is 371 g/mol. The van der Waals surface area contributed by atoms with Crippen LogP contribution in [0.15, 0.2) is 35.3 Å². The van der Waals surface area contributed by atoms with Crippen LogP contribution in [0.25, 0.3) is 0 Å². The average Bonchev–Trinajstić information content (AvgIpc) is 2.97. The lowest BCUT2D eigenvalue weighted by Crippen LogP contribution is -2.37. The molecule has 1 aromatic heterocycles. The highest BCUT2D eigenvalue weighted by molar-refractivity contribution is 5.79. The normalized spacial score (nSPS) is 11.7. The Morgan fingerprint density at radius 2 is 1.93 bits per heavy atom. The van der Waals surface area contributed by atoms with Gasteiger partial charge in [0.15, 0.2) is 5.96 Å². The molecule has 0 unspecified atom stereocenters. The quantitative estimate of drug-likeness (QED) is 0.403. The summed E-state index contributed by atoms with van der Waals surface area (Å²) < 4.78 is 7.77. The lowest BCUT2D eigenvalue weighted by atomic mass is 10.2.